The first-order chi connectivity index (χ1) is 22.9. The van der Waals surface area contributed by atoms with Gasteiger partial charge in [0.2, 0.25) is 5.43 Å². The summed E-state index contributed by atoms with van der Waals surface area (Å²) < 4.78 is 42.2. The van der Waals surface area contributed by atoms with Crippen molar-refractivity contribution in [1.29, 1.82) is 0 Å². The molecule has 0 aliphatic carbocycles. The number of rotatable bonds is 11. The first kappa shape index (κ1) is 34.9. The van der Waals surface area contributed by atoms with E-state index in [9.17, 15) is 32.7 Å². The molecule has 0 spiro atoms. The summed E-state index contributed by atoms with van der Waals surface area (Å²) in [4.78, 5) is 55.4. The Morgan fingerprint density at radius 2 is 1.90 bits per heavy atom. The van der Waals surface area contributed by atoms with E-state index < -0.39 is 34.9 Å². The fraction of sp³-hybridized carbons (Fsp3) is 0.438. The number of carboxylic acids is 1. The fourth-order valence-electron chi connectivity index (χ4n) is 5.88. The number of carbonyl (C=O) groups excluding carboxylic acids is 1. The Kier molecular flexibility index (Phi) is 10.8. The van der Waals surface area contributed by atoms with Gasteiger partial charge in [-0.3, -0.25) is 10.1 Å². The molecule has 16 heteroatoms. The number of fused-ring (bicyclic) bond motifs is 1. The zero-order valence-electron chi connectivity index (χ0n) is 26.8. The predicted molar refractivity (Wildman–Crippen MR) is 177 cm³/mol. The fourth-order valence-corrected chi connectivity index (χ4v) is 6.73. The van der Waals surface area contributed by atoms with Crippen molar-refractivity contribution in [3.05, 3.63) is 57.6 Å². The van der Waals surface area contributed by atoms with Gasteiger partial charge in [0.25, 0.3) is 0 Å². The Bertz CT molecular complexity index is 1860. The first-order valence-electron chi connectivity index (χ1n) is 15.7. The number of likely N-dealkylation sites (tertiary alicyclic amines) is 1. The maximum absolute atomic E-state index is 13.5. The molecule has 3 N–H and O–H groups in total. The lowest BCUT2D eigenvalue weighted by atomic mass is 10.0. The highest BCUT2D eigenvalue weighted by molar-refractivity contribution is 7.13. The number of urea groups is 1. The van der Waals surface area contributed by atoms with Crippen LogP contribution in [0.4, 0.5) is 23.8 Å². The quantitative estimate of drug-likeness (QED) is 0.188. The van der Waals surface area contributed by atoms with Crippen molar-refractivity contribution in [3.63, 3.8) is 0 Å². The lowest BCUT2D eigenvalue weighted by molar-refractivity contribution is -0.140. The van der Waals surface area contributed by atoms with Gasteiger partial charge < -0.3 is 24.8 Å². The number of hydrogen-bond acceptors (Lipinski definition) is 9. The van der Waals surface area contributed by atoms with E-state index in [1.54, 1.807) is 11.5 Å². The molecular formula is C32H37F3N8O4S. The Hall–Kier alpha value is -4.41. The predicted octanol–water partition coefficient (Wildman–Crippen LogP) is 5.42. The molecule has 0 saturated carbocycles. The molecule has 4 aromatic rings. The molecule has 1 aliphatic heterocycles. The van der Waals surface area contributed by atoms with Crippen molar-refractivity contribution < 1.29 is 27.9 Å². The normalized spacial score (nSPS) is 15.6. The van der Waals surface area contributed by atoms with Crippen molar-refractivity contribution >= 4 is 40.2 Å². The third-order valence-corrected chi connectivity index (χ3v) is 9.29. The van der Waals surface area contributed by atoms with Crippen molar-refractivity contribution in [1.82, 2.24) is 34.6 Å². The van der Waals surface area contributed by atoms with Crippen LogP contribution in [0.2, 0.25) is 0 Å². The summed E-state index contributed by atoms with van der Waals surface area (Å²) in [7, 11) is 0. The number of hydrogen-bond donors (Lipinski definition) is 3. The van der Waals surface area contributed by atoms with Gasteiger partial charge in [0.05, 0.1) is 5.39 Å². The van der Waals surface area contributed by atoms with Crippen LogP contribution in [0.25, 0.3) is 32.7 Å². The molecule has 1 fully saturated rings. The van der Waals surface area contributed by atoms with Crippen LogP contribution in [0, 0.1) is 0 Å². The van der Waals surface area contributed by atoms with E-state index in [4.69, 9.17) is 0 Å². The number of carboxylic acid groups (broad SMARTS) is 1. The molecular weight excluding hydrogens is 649 g/mol. The SMILES string of the molecule is CCNC(=O)Nc1cc(-c2nc(C(F)(F)F)cs2)c(-c2cnc3c(c2)c(=O)c(C(=O)O)cn3[C@@H]2CCCN(CCN(CC)CC)C2)cn1. The van der Waals surface area contributed by atoms with Crippen LogP contribution in [-0.2, 0) is 6.18 Å². The van der Waals surface area contributed by atoms with E-state index in [0.717, 1.165) is 62.3 Å². The summed E-state index contributed by atoms with van der Waals surface area (Å²) in [6, 6.07) is 2.20. The maximum atomic E-state index is 13.5. The lowest BCUT2D eigenvalue weighted by Crippen LogP contribution is -2.41. The highest BCUT2D eigenvalue weighted by atomic mass is 32.1. The highest BCUT2D eigenvalue weighted by Gasteiger charge is 2.34. The van der Waals surface area contributed by atoms with Crippen molar-refractivity contribution in [2.24, 2.45) is 0 Å². The molecule has 1 atom stereocenters. The second-order valence-corrected chi connectivity index (χ2v) is 12.3. The molecule has 0 radical (unpaired) electrons. The number of thiazole rings is 1. The maximum Gasteiger partial charge on any atom is 0.434 e. The monoisotopic (exact) mass is 686 g/mol. The third-order valence-electron chi connectivity index (χ3n) is 8.42. The minimum atomic E-state index is -4.67. The number of amides is 2. The standard InChI is InChI=1S/C32H37F3N8O4S/c1-4-36-31(47)40-26-13-21(29-39-25(18-48-29)32(33,34)35)23(15-37-26)19-12-22-27(44)24(30(45)46)17-43(28(22)38-14-19)20-8-7-9-42(16-20)11-10-41(5-2)6-3/h12-15,17-18,20H,4-11,16H2,1-3H3,(H,45,46)(H2,36,37,40,47)/t20-/m1/s1. The summed E-state index contributed by atoms with van der Waals surface area (Å²) in [5, 5.41) is 16.1. The van der Waals surface area contributed by atoms with E-state index in [1.165, 1.54) is 30.7 Å². The van der Waals surface area contributed by atoms with Gasteiger partial charge in [-0.05, 0) is 51.5 Å². The number of aromatic carboxylic acids is 1. The van der Waals surface area contributed by atoms with Crippen LogP contribution in [0.5, 0.6) is 0 Å². The molecule has 0 aromatic carbocycles. The molecule has 5 rings (SSSR count). The van der Waals surface area contributed by atoms with Crippen LogP contribution in [0.3, 0.4) is 0 Å². The van der Waals surface area contributed by atoms with Gasteiger partial charge >= 0.3 is 18.2 Å². The van der Waals surface area contributed by atoms with Crippen LogP contribution in [0.1, 0.15) is 55.7 Å². The molecule has 256 valence electrons. The minimum absolute atomic E-state index is 0.00229. The second-order valence-electron chi connectivity index (χ2n) is 11.4. The topological polar surface area (TPSA) is 146 Å². The number of nitrogens with one attached hydrogen (secondary N) is 2. The number of likely N-dealkylation sites (N-methyl/N-ethyl adjacent to an activating group) is 1. The van der Waals surface area contributed by atoms with Crippen molar-refractivity contribution in [3.8, 4) is 21.7 Å². The minimum Gasteiger partial charge on any atom is -0.477 e. The molecule has 1 saturated heterocycles. The summed E-state index contributed by atoms with van der Waals surface area (Å²) >= 11 is 0.760. The number of piperidine rings is 1. The van der Waals surface area contributed by atoms with Gasteiger partial charge in [-0.1, -0.05) is 13.8 Å². The molecule has 2 amide bonds. The van der Waals surface area contributed by atoms with E-state index >= 15 is 0 Å². The van der Waals surface area contributed by atoms with Crippen molar-refractivity contribution in [2.75, 3.05) is 51.1 Å². The zero-order valence-corrected chi connectivity index (χ0v) is 27.6. The largest absolute Gasteiger partial charge is 0.477 e. The van der Waals surface area contributed by atoms with E-state index in [2.05, 4.69) is 49.2 Å². The smallest absolute Gasteiger partial charge is 0.434 e. The number of pyridine rings is 3. The molecule has 5 heterocycles. The summed E-state index contributed by atoms with van der Waals surface area (Å²) in [6.07, 6.45) is 1.17. The van der Waals surface area contributed by atoms with Crippen LogP contribution < -0.4 is 16.1 Å². The molecule has 0 bridgehead atoms. The average molecular weight is 687 g/mol. The Morgan fingerprint density at radius 3 is 2.56 bits per heavy atom. The van der Waals surface area contributed by atoms with Gasteiger partial charge in [0.1, 0.15) is 22.0 Å². The first-order valence-corrected chi connectivity index (χ1v) is 16.6. The number of nitrogens with zero attached hydrogens (tertiary/aromatic N) is 6. The lowest BCUT2D eigenvalue weighted by Gasteiger charge is -2.35. The molecule has 12 nitrogen and oxygen atoms in total. The molecule has 48 heavy (non-hydrogen) atoms. The van der Waals surface area contributed by atoms with Gasteiger partial charge in [-0.2, -0.15) is 13.2 Å². The number of carbonyl (C=O) groups is 2. The van der Waals surface area contributed by atoms with Crippen molar-refractivity contribution in [2.45, 2.75) is 45.8 Å². The Balaban J connectivity index is 1.59. The van der Waals surface area contributed by atoms with Crippen LogP contribution >= 0.6 is 11.3 Å². The van der Waals surface area contributed by atoms with Gasteiger partial charge in [-0.25, -0.2) is 24.5 Å². The van der Waals surface area contributed by atoms with Crippen LogP contribution in [0.15, 0.2) is 40.9 Å². The Labute approximate surface area is 278 Å². The number of halogens is 3. The summed E-state index contributed by atoms with van der Waals surface area (Å²) in [5.41, 5.74) is -1.08. The summed E-state index contributed by atoms with van der Waals surface area (Å²) in [6.45, 7) is 11.5. The number of anilines is 1. The third kappa shape index (κ3) is 7.66. The number of aromatic nitrogens is 4. The van der Waals surface area contributed by atoms with E-state index in [1.807, 2.05) is 0 Å². The van der Waals surface area contributed by atoms with Gasteiger partial charge in [0.15, 0.2) is 5.69 Å². The van der Waals surface area contributed by atoms with Crippen LogP contribution in [-0.4, -0.2) is 92.2 Å². The van der Waals surface area contributed by atoms with Gasteiger partial charge in [-0.15, -0.1) is 11.3 Å². The molecule has 0 unspecified atom stereocenters. The summed E-state index contributed by atoms with van der Waals surface area (Å²) in [5.74, 6) is -1.31. The second kappa shape index (κ2) is 14.8. The highest BCUT2D eigenvalue weighted by Crippen LogP contribution is 2.39. The zero-order chi connectivity index (χ0) is 34.6. The van der Waals surface area contributed by atoms with E-state index in [0.29, 0.717) is 29.9 Å². The van der Waals surface area contributed by atoms with E-state index in [-0.39, 0.29) is 27.8 Å². The molecule has 4 aromatic heterocycles. The molecule has 1 aliphatic rings. The Morgan fingerprint density at radius 1 is 1.12 bits per heavy atom. The number of alkyl halides is 3. The average Bonchev–Trinajstić information content (AvgIpc) is 3.57. The van der Waals surface area contributed by atoms with Gasteiger partial charge in [0, 0.05) is 72.9 Å².